The van der Waals surface area contributed by atoms with Gasteiger partial charge in [0.15, 0.2) is 0 Å². The minimum absolute atomic E-state index is 0.138. The maximum atomic E-state index is 9.59. The van der Waals surface area contributed by atoms with Gasteiger partial charge in [0.05, 0.1) is 27.0 Å². The van der Waals surface area contributed by atoms with Gasteiger partial charge in [0.1, 0.15) is 28.9 Å². The zero-order valence-electron chi connectivity index (χ0n) is 15.2. The summed E-state index contributed by atoms with van der Waals surface area (Å²) in [7, 11) is 4.69. The molecular formula is C20H18N4O3. The predicted octanol–water partition coefficient (Wildman–Crippen LogP) is 3.29. The SMILES string of the molecule is COc1ccc(-c2cc(-c3ccc(OC)nc3)nc(N)c2C#N)c(OC)c1. The first-order chi connectivity index (χ1) is 13.1. The van der Waals surface area contributed by atoms with E-state index in [1.54, 1.807) is 51.8 Å². The molecule has 2 aromatic heterocycles. The van der Waals surface area contributed by atoms with Gasteiger partial charge in [-0.3, -0.25) is 0 Å². The van der Waals surface area contributed by atoms with Crippen molar-refractivity contribution in [3.05, 3.63) is 48.2 Å². The number of nitrogens with zero attached hydrogens (tertiary/aromatic N) is 3. The lowest BCUT2D eigenvalue weighted by Gasteiger charge is -2.14. The third-order valence-corrected chi connectivity index (χ3v) is 4.10. The van der Waals surface area contributed by atoms with E-state index < -0.39 is 0 Å². The fraction of sp³-hybridized carbons (Fsp3) is 0.150. The summed E-state index contributed by atoms with van der Waals surface area (Å²) in [6, 6.07) is 12.9. The highest BCUT2D eigenvalue weighted by atomic mass is 16.5. The summed E-state index contributed by atoms with van der Waals surface area (Å²) >= 11 is 0. The fourth-order valence-corrected chi connectivity index (χ4v) is 2.72. The van der Waals surface area contributed by atoms with Crippen LogP contribution in [0.3, 0.4) is 0 Å². The van der Waals surface area contributed by atoms with Crippen LogP contribution >= 0.6 is 0 Å². The summed E-state index contributed by atoms with van der Waals surface area (Å²) in [5.41, 5.74) is 9.03. The lowest BCUT2D eigenvalue weighted by molar-refractivity contribution is 0.395. The molecule has 7 heteroatoms. The maximum absolute atomic E-state index is 9.59. The van der Waals surface area contributed by atoms with E-state index in [0.717, 1.165) is 5.56 Å². The van der Waals surface area contributed by atoms with E-state index in [1.165, 1.54) is 0 Å². The van der Waals surface area contributed by atoms with Gasteiger partial charge < -0.3 is 19.9 Å². The maximum Gasteiger partial charge on any atom is 0.212 e. The second-order valence-electron chi connectivity index (χ2n) is 5.58. The third kappa shape index (κ3) is 3.46. The normalized spacial score (nSPS) is 10.1. The van der Waals surface area contributed by atoms with Gasteiger partial charge in [0.25, 0.3) is 0 Å². The molecule has 0 atom stereocenters. The third-order valence-electron chi connectivity index (χ3n) is 4.10. The highest BCUT2D eigenvalue weighted by molar-refractivity contribution is 5.83. The molecule has 1 aromatic carbocycles. The number of hydrogen-bond donors (Lipinski definition) is 1. The number of hydrogen-bond acceptors (Lipinski definition) is 7. The van der Waals surface area contributed by atoms with Gasteiger partial charge >= 0.3 is 0 Å². The van der Waals surface area contributed by atoms with Crippen LogP contribution < -0.4 is 19.9 Å². The Bertz CT molecular complexity index is 1010. The smallest absolute Gasteiger partial charge is 0.212 e. The molecule has 27 heavy (non-hydrogen) atoms. The number of rotatable bonds is 5. The van der Waals surface area contributed by atoms with Crippen LogP contribution in [0.1, 0.15) is 5.56 Å². The van der Waals surface area contributed by atoms with E-state index in [9.17, 15) is 5.26 Å². The van der Waals surface area contributed by atoms with Crippen molar-refractivity contribution in [1.82, 2.24) is 9.97 Å². The van der Waals surface area contributed by atoms with Crippen LogP contribution in [0, 0.1) is 11.3 Å². The molecule has 0 unspecified atom stereocenters. The highest BCUT2D eigenvalue weighted by Crippen LogP contribution is 2.38. The van der Waals surface area contributed by atoms with Gasteiger partial charge in [0.2, 0.25) is 5.88 Å². The van der Waals surface area contributed by atoms with E-state index in [1.807, 2.05) is 12.1 Å². The molecule has 0 saturated carbocycles. The van der Waals surface area contributed by atoms with Crippen molar-refractivity contribution in [1.29, 1.82) is 5.26 Å². The molecule has 0 spiro atoms. The number of benzene rings is 1. The Kier molecular flexibility index (Phi) is 5.08. The number of nitrogens with two attached hydrogens (primary N) is 1. The first kappa shape index (κ1) is 18.0. The quantitative estimate of drug-likeness (QED) is 0.743. The van der Waals surface area contributed by atoms with Gasteiger partial charge in [-0.1, -0.05) is 0 Å². The Hall–Kier alpha value is -3.79. The van der Waals surface area contributed by atoms with Crippen molar-refractivity contribution >= 4 is 5.82 Å². The summed E-state index contributed by atoms with van der Waals surface area (Å²) < 4.78 is 15.8. The Morgan fingerprint density at radius 3 is 2.37 bits per heavy atom. The van der Waals surface area contributed by atoms with Crippen molar-refractivity contribution in [3.8, 4) is 45.8 Å². The number of nitrogen functional groups attached to an aromatic ring is 1. The average molecular weight is 362 g/mol. The summed E-state index contributed by atoms with van der Waals surface area (Å²) in [5.74, 6) is 1.85. The molecule has 0 radical (unpaired) electrons. The molecule has 0 aliphatic rings. The lowest BCUT2D eigenvalue weighted by Crippen LogP contribution is -2.01. The van der Waals surface area contributed by atoms with Gasteiger partial charge in [-0.2, -0.15) is 5.26 Å². The van der Waals surface area contributed by atoms with Crippen LogP contribution in [0.2, 0.25) is 0 Å². The van der Waals surface area contributed by atoms with Gasteiger partial charge in [0, 0.05) is 35.0 Å². The Labute approximate surface area is 157 Å². The highest BCUT2D eigenvalue weighted by Gasteiger charge is 2.17. The molecule has 0 fully saturated rings. The molecule has 3 rings (SSSR count). The zero-order chi connectivity index (χ0) is 19.4. The second-order valence-corrected chi connectivity index (χ2v) is 5.58. The number of methoxy groups -OCH3 is 3. The Balaban J connectivity index is 2.20. The molecule has 136 valence electrons. The number of nitriles is 1. The second kappa shape index (κ2) is 7.62. The van der Waals surface area contributed by atoms with Crippen molar-refractivity contribution < 1.29 is 14.2 Å². The van der Waals surface area contributed by atoms with Crippen LogP contribution in [-0.2, 0) is 0 Å². The summed E-state index contributed by atoms with van der Waals surface area (Å²) in [6.45, 7) is 0. The molecule has 0 aliphatic carbocycles. The molecule has 0 bridgehead atoms. The average Bonchev–Trinajstić information content (AvgIpc) is 2.72. The van der Waals surface area contributed by atoms with Crippen molar-refractivity contribution in [2.45, 2.75) is 0 Å². The molecule has 0 saturated heterocycles. The number of aromatic nitrogens is 2. The topological polar surface area (TPSA) is 103 Å². The van der Waals surface area contributed by atoms with Crippen LogP contribution in [0.4, 0.5) is 5.82 Å². The molecule has 0 amide bonds. The van der Waals surface area contributed by atoms with Crippen molar-refractivity contribution in [3.63, 3.8) is 0 Å². The Morgan fingerprint density at radius 2 is 1.78 bits per heavy atom. The van der Waals surface area contributed by atoms with Crippen LogP contribution in [0.15, 0.2) is 42.6 Å². The number of ether oxygens (including phenoxy) is 3. The zero-order valence-corrected chi connectivity index (χ0v) is 15.2. The standard InChI is InChI=1S/C20H18N4O3/c1-25-13-5-6-14(18(8-13)26-2)15-9-17(24-20(22)16(15)10-21)12-4-7-19(27-3)23-11-12/h4-9,11H,1-3H3,(H2,22,24). The monoisotopic (exact) mass is 362 g/mol. The summed E-state index contributed by atoms with van der Waals surface area (Å²) in [6.07, 6.45) is 1.64. The van der Waals surface area contributed by atoms with E-state index in [4.69, 9.17) is 19.9 Å². The molecule has 0 aliphatic heterocycles. The fourth-order valence-electron chi connectivity index (χ4n) is 2.72. The van der Waals surface area contributed by atoms with E-state index in [0.29, 0.717) is 34.2 Å². The number of anilines is 1. The predicted molar refractivity (Wildman–Crippen MR) is 102 cm³/mol. The van der Waals surface area contributed by atoms with Crippen molar-refractivity contribution in [2.24, 2.45) is 0 Å². The molecule has 2 N–H and O–H groups in total. The van der Waals surface area contributed by atoms with Crippen LogP contribution in [-0.4, -0.2) is 31.3 Å². The van der Waals surface area contributed by atoms with Crippen LogP contribution in [0.5, 0.6) is 17.4 Å². The minimum Gasteiger partial charge on any atom is -0.497 e. The van der Waals surface area contributed by atoms with Crippen LogP contribution in [0.25, 0.3) is 22.4 Å². The van der Waals surface area contributed by atoms with E-state index in [2.05, 4.69) is 16.0 Å². The molecule has 3 aromatic rings. The van der Waals surface area contributed by atoms with Gasteiger partial charge in [-0.15, -0.1) is 0 Å². The number of pyridine rings is 2. The lowest BCUT2D eigenvalue weighted by atomic mass is 9.98. The first-order valence-corrected chi connectivity index (χ1v) is 8.04. The largest absolute Gasteiger partial charge is 0.497 e. The van der Waals surface area contributed by atoms with E-state index >= 15 is 0 Å². The molecule has 2 heterocycles. The van der Waals surface area contributed by atoms with Crippen molar-refractivity contribution in [2.75, 3.05) is 27.1 Å². The van der Waals surface area contributed by atoms with Gasteiger partial charge in [-0.25, -0.2) is 9.97 Å². The first-order valence-electron chi connectivity index (χ1n) is 8.04. The summed E-state index contributed by atoms with van der Waals surface area (Å²) in [4.78, 5) is 8.55. The summed E-state index contributed by atoms with van der Waals surface area (Å²) in [5, 5.41) is 9.59. The van der Waals surface area contributed by atoms with Gasteiger partial charge in [-0.05, 0) is 24.3 Å². The van der Waals surface area contributed by atoms with E-state index in [-0.39, 0.29) is 11.4 Å². The molecule has 7 nitrogen and oxygen atoms in total. The minimum atomic E-state index is 0.138. The molecular weight excluding hydrogens is 344 g/mol. The Morgan fingerprint density at radius 1 is 0.963 bits per heavy atom.